The van der Waals surface area contributed by atoms with E-state index in [4.69, 9.17) is 4.74 Å². The minimum atomic E-state index is 0.00196. The van der Waals surface area contributed by atoms with E-state index < -0.39 is 0 Å². The van der Waals surface area contributed by atoms with Crippen LogP contribution in [0.3, 0.4) is 0 Å². The molecule has 0 aromatic heterocycles. The average Bonchev–Trinajstić information content (AvgIpc) is 2.44. The highest BCUT2D eigenvalue weighted by molar-refractivity contribution is 5.78. The van der Waals surface area contributed by atoms with Crippen LogP contribution in [0.2, 0.25) is 0 Å². The number of carbonyl (C=O) groups excluding carboxylic acids is 1. The van der Waals surface area contributed by atoms with Gasteiger partial charge in [-0.05, 0) is 24.0 Å². The Morgan fingerprint density at radius 2 is 2.10 bits per heavy atom. The van der Waals surface area contributed by atoms with Crippen molar-refractivity contribution in [1.82, 2.24) is 10.2 Å². The Morgan fingerprint density at radius 1 is 1.38 bits per heavy atom. The highest BCUT2D eigenvalue weighted by Gasteiger charge is 2.24. The molecule has 116 valence electrons. The molecule has 4 heteroatoms. The molecule has 4 nitrogen and oxygen atoms in total. The highest BCUT2D eigenvalue weighted by Crippen LogP contribution is 2.30. The number of rotatable bonds is 3. The number of hydrogen-bond acceptors (Lipinski definition) is 3. The molecule has 1 heterocycles. The molecule has 1 N–H and O–H groups in total. The Bertz CT molecular complexity index is 494. The first-order chi connectivity index (χ1) is 9.89. The Labute approximate surface area is 127 Å². The van der Waals surface area contributed by atoms with Crippen molar-refractivity contribution in [3.63, 3.8) is 0 Å². The second kappa shape index (κ2) is 6.48. The lowest BCUT2D eigenvalue weighted by Gasteiger charge is -2.34. The van der Waals surface area contributed by atoms with Crippen LogP contribution in [0.1, 0.15) is 33.3 Å². The second-order valence-corrected chi connectivity index (χ2v) is 6.68. The molecule has 0 bridgehead atoms. The number of para-hydroxylation sites is 1. The molecule has 1 aromatic carbocycles. The molecule has 0 saturated carbocycles. The molecule has 0 unspecified atom stereocenters. The van der Waals surface area contributed by atoms with E-state index in [1.165, 1.54) is 0 Å². The van der Waals surface area contributed by atoms with Gasteiger partial charge in [-0.15, -0.1) is 0 Å². The number of piperazine rings is 1. The summed E-state index contributed by atoms with van der Waals surface area (Å²) in [5.41, 5.74) is 1.13. The minimum Gasteiger partial charge on any atom is -0.483 e. The van der Waals surface area contributed by atoms with Gasteiger partial charge in [0, 0.05) is 25.7 Å². The molecule has 0 spiro atoms. The molecule has 21 heavy (non-hydrogen) atoms. The van der Waals surface area contributed by atoms with E-state index in [0.717, 1.165) is 30.9 Å². The second-order valence-electron chi connectivity index (χ2n) is 6.68. The van der Waals surface area contributed by atoms with Crippen molar-refractivity contribution >= 4 is 5.91 Å². The molecule has 1 amide bonds. The van der Waals surface area contributed by atoms with Crippen LogP contribution in [-0.4, -0.2) is 43.1 Å². The summed E-state index contributed by atoms with van der Waals surface area (Å²) in [7, 11) is 0. The Morgan fingerprint density at radius 3 is 2.76 bits per heavy atom. The van der Waals surface area contributed by atoms with Gasteiger partial charge in [0.25, 0.3) is 5.91 Å². The van der Waals surface area contributed by atoms with Crippen LogP contribution in [0.25, 0.3) is 0 Å². The molecule has 1 saturated heterocycles. The molecule has 0 aliphatic carbocycles. The SMILES string of the molecule is C[C@@H]1CNCCN1C(=O)COc1ccccc1C(C)(C)C. The van der Waals surface area contributed by atoms with Gasteiger partial charge in [0.05, 0.1) is 0 Å². The smallest absolute Gasteiger partial charge is 0.260 e. The summed E-state index contributed by atoms with van der Waals surface area (Å²) in [6.45, 7) is 11.1. The van der Waals surface area contributed by atoms with Gasteiger partial charge in [0.2, 0.25) is 0 Å². The lowest BCUT2D eigenvalue weighted by molar-refractivity contribution is -0.136. The fraction of sp³-hybridized carbons (Fsp3) is 0.588. The van der Waals surface area contributed by atoms with Gasteiger partial charge in [-0.25, -0.2) is 0 Å². The third kappa shape index (κ3) is 3.97. The van der Waals surface area contributed by atoms with Crippen LogP contribution in [0.5, 0.6) is 5.75 Å². The van der Waals surface area contributed by atoms with E-state index in [1.54, 1.807) is 0 Å². The standard InChI is InChI=1S/C17H26N2O2/c1-13-11-18-9-10-19(13)16(20)12-21-15-8-6-5-7-14(15)17(2,3)4/h5-8,13,18H,9-12H2,1-4H3/t13-/m1/s1. The number of ether oxygens (including phenoxy) is 1. The number of benzene rings is 1. The summed E-state index contributed by atoms with van der Waals surface area (Å²) in [5, 5.41) is 3.29. The van der Waals surface area contributed by atoms with Gasteiger partial charge < -0.3 is 15.0 Å². The predicted molar refractivity (Wildman–Crippen MR) is 84.7 cm³/mol. The summed E-state index contributed by atoms with van der Waals surface area (Å²) >= 11 is 0. The minimum absolute atomic E-state index is 0.00196. The van der Waals surface area contributed by atoms with Crippen molar-refractivity contribution in [2.75, 3.05) is 26.2 Å². The Hall–Kier alpha value is -1.55. The van der Waals surface area contributed by atoms with Crippen molar-refractivity contribution < 1.29 is 9.53 Å². The molecular formula is C17H26N2O2. The van der Waals surface area contributed by atoms with Crippen molar-refractivity contribution in [1.29, 1.82) is 0 Å². The molecule has 0 radical (unpaired) electrons. The fourth-order valence-electron chi connectivity index (χ4n) is 2.65. The summed E-state index contributed by atoms with van der Waals surface area (Å²) < 4.78 is 5.82. The van der Waals surface area contributed by atoms with Gasteiger partial charge in [0.1, 0.15) is 5.75 Å². The third-order valence-corrected chi connectivity index (χ3v) is 3.87. The van der Waals surface area contributed by atoms with Gasteiger partial charge in [0.15, 0.2) is 6.61 Å². The first-order valence-corrected chi connectivity index (χ1v) is 7.62. The van der Waals surface area contributed by atoms with E-state index in [9.17, 15) is 4.79 Å². The highest BCUT2D eigenvalue weighted by atomic mass is 16.5. The summed E-state index contributed by atoms with van der Waals surface area (Å²) in [6.07, 6.45) is 0. The van der Waals surface area contributed by atoms with E-state index in [0.29, 0.717) is 0 Å². The molecule has 1 aromatic rings. The van der Waals surface area contributed by atoms with Gasteiger partial charge in [-0.3, -0.25) is 4.79 Å². The van der Waals surface area contributed by atoms with Crippen molar-refractivity contribution in [2.24, 2.45) is 0 Å². The normalized spacial score (nSPS) is 19.4. The number of nitrogens with zero attached hydrogens (tertiary/aromatic N) is 1. The van der Waals surface area contributed by atoms with Crippen LogP contribution in [0.15, 0.2) is 24.3 Å². The quantitative estimate of drug-likeness (QED) is 0.928. The van der Waals surface area contributed by atoms with Crippen LogP contribution in [-0.2, 0) is 10.2 Å². The lowest BCUT2D eigenvalue weighted by Crippen LogP contribution is -2.53. The van der Waals surface area contributed by atoms with Gasteiger partial charge >= 0.3 is 0 Å². The van der Waals surface area contributed by atoms with Crippen LogP contribution < -0.4 is 10.1 Å². The maximum absolute atomic E-state index is 12.3. The summed E-state index contributed by atoms with van der Waals surface area (Å²) in [4.78, 5) is 14.2. The first kappa shape index (κ1) is 15.8. The topological polar surface area (TPSA) is 41.6 Å². The maximum atomic E-state index is 12.3. The van der Waals surface area contributed by atoms with Crippen molar-refractivity contribution in [2.45, 2.75) is 39.2 Å². The predicted octanol–water partition coefficient (Wildman–Crippen LogP) is 2.18. The van der Waals surface area contributed by atoms with Gasteiger partial charge in [-0.1, -0.05) is 39.0 Å². The largest absolute Gasteiger partial charge is 0.483 e. The first-order valence-electron chi connectivity index (χ1n) is 7.62. The third-order valence-electron chi connectivity index (χ3n) is 3.87. The maximum Gasteiger partial charge on any atom is 0.260 e. The van der Waals surface area contributed by atoms with E-state index in [-0.39, 0.29) is 24.0 Å². The van der Waals surface area contributed by atoms with Crippen molar-refractivity contribution in [3.05, 3.63) is 29.8 Å². The molecular weight excluding hydrogens is 264 g/mol. The fourth-order valence-corrected chi connectivity index (χ4v) is 2.65. The van der Waals surface area contributed by atoms with E-state index in [2.05, 4.69) is 39.1 Å². The number of carbonyl (C=O) groups is 1. The summed E-state index contributed by atoms with van der Waals surface area (Å²) in [6, 6.07) is 8.19. The lowest BCUT2D eigenvalue weighted by atomic mass is 9.86. The zero-order valence-electron chi connectivity index (χ0n) is 13.5. The zero-order chi connectivity index (χ0) is 15.5. The number of nitrogens with one attached hydrogen (secondary N) is 1. The van der Waals surface area contributed by atoms with E-state index >= 15 is 0 Å². The summed E-state index contributed by atoms with van der Waals surface area (Å²) in [5.74, 6) is 0.869. The van der Waals surface area contributed by atoms with Gasteiger partial charge in [-0.2, -0.15) is 0 Å². The van der Waals surface area contributed by atoms with E-state index in [1.807, 2.05) is 23.1 Å². The Kier molecular flexibility index (Phi) is 4.88. The molecule has 1 atom stereocenters. The monoisotopic (exact) mass is 290 g/mol. The number of hydrogen-bond donors (Lipinski definition) is 1. The van der Waals surface area contributed by atoms with Crippen LogP contribution in [0.4, 0.5) is 0 Å². The van der Waals surface area contributed by atoms with Crippen LogP contribution in [0, 0.1) is 0 Å². The van der Waals surface area contributed by atoms with Crippen molar-refractivity contribution in [3.8, 4) is 5.75 Å². The molecule has 1 aliphatic heterocycles. The molecule has 1 fully saturated rings. The number of amides is 1. The average molecular weight is 290 g/mol. The Balaban J connectivity index is 2.01. The zero-order valence-corrected chi connectivity index (χ0v) is 13.5. The van der Waals surface area contributed by atoms with Crippen LogP contribution >= 0.6 is 0 Å². The molecule has 2 rings (SSSR count). The molecule has 1 aliphatic rings.